The van der Waals surface area contributed by atoms with Crippen LogP contribution in [-0.4, -0.2) is 20.7 Å². The number of carbonyl (C=O) groups is 1. The van der Waals surface area contributed by atoms with E-state index in [1.807, 2.05) is 33.8 Å². The van der Waals surface area contributed by atoms with Crippen molar-refractivity contribution in [3.05, 3.63) is 74.6 Å². The third-order valence-corrected chi connectivity index (χ3v) is 5.72. The molecule has 0 amide bonds. The number of hydrogen-bond acceptors (Lipinski definition) is 6. The maximum atomic E-state index is 13.5. The van der Waals surface area contributed by atoms with Gasteiger partial charge in [-0.15, -0.1) is 11.3 Å². The van der Waals surface area contributed by atoms with E-state index in [0.29, 0.717) is 28.9 Å². The lowest BCUT2D eigenvalue weighted by Gasteiger charge is -2.12. The summed E-state index contributed by atoms with van der Waals surface area (Å²) >= 11 is 1.66. The number of halogens is 1. The van der Waals surface area contributed by atoms with Crippen molar-refractivity contribution in [2.75, 3.05) is 5.73 Å². The zero-order chi connectivity index (χ0) is 22.5. The van der Waals surface area contributed by atoms with Crippen molar-refractivity contribution in [1.29, 1.82) is 0 Å². The van der Waals surface area contributed by atoms with Crippen LogP contribution in [0.1, 0.15) is 51.9 Å². The molecule has 0 radical (unpaired) electrons. The molecule has 0 aliphatic carbocycles. The van der Waals surface area contributed by atoms with E-state index in [2.05, 4.69) is 15.0 Å². The largest absolute Gasteiger partial charge is 0.368 e. The van der Waals surface area contributed by atoms with E-state index in [1.165, 1.54) is 23.1 Å². The number of nitrogen functional groups attached to an aromatic ring is 1. The van der Waals surface area contributed by atoms with E-state index in [4.69, 9.17) is 5.73 Å². The molecule has 0 saturated carbocycles. The van der Waals surface area contributed by atoms with Crippen LogP contribution in [0.4, 0.5) is 10.3 Å². The van der Waals surface area contributed by atoms with E-state index in [0.717, 1.165) is 22.7 Å². The highest BCUT2D eigenvalue weighted by Crippen LogP contribution is 2.28. The number of rotatable bonds is 7. The molecule has 0 spiro atoms. The minimum atomic E-state index is -0.365. The van der Waals surface area contributed by atoms with Gasteiger partial charge in [0.15, 0.2) is 5.78 Å². The summed E-state index contributed by atoms with van der Waals surface area (Å²) in [5.74, 6) is -0.528. The summed E-state index contributed by atoms with van der Waals surface area (Å²) in [5, 5.41) is 1.02. The van der Waals surface area contributed by atoms with Crippen LogP contribution >= 0.6 is 11.3 Å². The zero-order valence-corrected chi connectivity index (χ0v) is 18.9. The first-order valence-corrected chi connectivity index (χ1v) is 10.8. The molecular weight excluding hydrogens is 411 g/mol. The Balaban J connectivity index is 2.13. The summed E-state index contributed by atoms with van der Waals surface area (Å²) in [4.78, 5) is 27.4. The van der Waals surface area contributed by atoms with Crippen LogP contribution in [0.25, 0.3) is 17.3 Å². The molecule has 5 nitrogen and oxygen atoms in total. The first-order chi connectivity index (χ1) is 14.8. The van der Waals surface area contributed by atoms with Gasteiger partial charge in [0.05, 0.1) is 27.7 Å². The molecule has 0 aliphatic heterocycles. The van der Waals surface area contributed by atoms with Crippen LogP contribution in [0.5, 0.6) is 0 Å². The molecule has 0 bridgehead atoms. The third kappa shape index (κ3) is 5.49. The van der Waals surface area contributed by atoms with Crippen molar-refractivity contribution < 1.29 is 9.18 Å². The van der Waals surface area contributed by atoms with Crippen molar-refractivity contribution in [2.24, 2.45) is 0 Å². The molecular formula is C24H25FN4OS. The number of aromatic nitrogens is 3. The van der Waals surface area contributed by atoms with Gasteiger partial charge in [-0.25, -0.2) is 19.3 Å². The van der Waals surface area contributed by atoms with Crippen molar-refractivity contribution in [1.82, 2.24) is 15.0 Å². The monoisotopic (exact) mass is 436 g/mol. The minimum absolute atomic E-state index is 0.0548. The molecule has 0 saturated heterocycles. The van der Waals surface area contributed by atoms with Gasteiger partial charge in [0.2, 0.25) is 5.95 Å². The van der Waals surface area contributed by atoms with Gasteiger partial charge < -0.3 is 5.73 Å². The lowest BCUT2D eigenvalue weighted by Crippen LogP contribution is -2.09. The van der Waals surface area contributed by atoms with E-state index in [1.54, 1.807) is 29.5 Å². The Labute approximate surface area is 185 Å². The van der Waals surface area contributed by atoms with Gasteiger partial charge in [0.1, 0.15) is 5.82 Å². The van der Waals surface area contributed by atoms with E-state index in [9.17, 15) is 9.18 Å². The standard InChI is InChI=1S/C24H25FN4OS/c1-5-6-7-20(30)22-19(12-14(2)13-21-15(3)27-16(4)31-21)28-24(26)29-23(22)17-8-10-18(25)11-9-17/h6-12H,5,13H2,1-4H3,(H2,26,28,29)/b7-6+,14-12-. The highest BCUT2D eigenvalue weighted by molar-refractivity contribution is 7.11. The van der Waals surface area contributed by atoms with Gasteiger partial charge in [-0.1, -0.05) is 18.6 Å². The normalized spacial score (nSPS) is 12.0. The highest BCUT2D eigenvalue weighted by Gasteiger charge is 2.19. The maximum absolute atomic E-state index is 13.5. The fourth-order valence-electron chi connectivity index (χ4n) is 3.24. The topological polar surface area (TPSA) is 81.8 Å². The summed E-state index contributed by atoms with van der Waals surface area (Å²) in [6, 6.07) is 5.83. The number of ketones is 1. The molecule has 7 heteroatoms. The Morgan fingerprint density at radius 1 is 1.16 bits per heavy atom. The Morgan fingerprint density at radius 2 is 1.87 bits per heavy atom. The third-order valence-electron chi connectivity index (χ3n) is 4.65. The summed E-state index contributed by atoms with van der Waals surface area (Å²) in [6.07, 6.45) is 6.60. The Hall–Kier alpha value is -3.19. The molecule has 3 rings (SSSR count). The maximum Gasteiger partial charge on any atom is 0.221 e. The van der Waals surface area contributed by atoms with Crippen LogP contribution in [0.15, 0.2) is 42.0 Å². The average molecular weight is 437 g/mol. The second-order valence-corrected chi connectivity index (χ2v) is 8.57. The summed E-state index contributed by atoms with van der Waals surface area (Å²) in [5.41, 5.74) is 9.81. The molecule has 2 heterocycles. The lowest BCUT2D eigenvalue weighted by molar-refractivity contribution is 0.104. The van der Waals surface area contributed by atoms with Gasteiger partial charge in [-0.05, 0) is 63.6 Å². The number of anilines is 1. The van der Waals surface area contributed by atoms with Gasteiger partial charge in [0.25, 0.3) is 0 Å². The second-order valence-electron chi connectivity index (χ2n) is 7.28. The van der Waals surface area contributed by atoms with Crippen LogP contribution in [0, 0.1) is 19.7 Å². The first-order valence-electron chi connectivity index (χ1n) is 10.0. The van der Waals surface area contributed by atoms with Crippen LogP contribution in [-0.2, 0) is 6.42 Å². The molecule has 1 aromatic carbocycles. The van der Waals surface area contributed by atoms with Gasteiger partial charge in [-0.2, -0.15) is 0 Å². The fourth-order valence-corrected chi connectivity index (χ4v) is 4.28. The molecule has 2 N–H and O–H groups in total. The predicted molar refractivity (Wildman–Crippen MR) is 125 cm³/mol. The molecule has 31 heavy (non-hydrogen) atoms. The summed E-state index contributed by atoms with van der Waals surface area (Å²) in [6.45, 7) is 7.91. The molecule has 2 aromatic heterocycles. The fraction of sp³-hybridized carbons (Fsp3) is 0.250. The minimum Gasteiger partial charge on any atom is -0.368 e. The quantitative estimate of drug-likeness (QED) is 0.378. The van der Waals surface area contributed by atoms with Gasteiger partial charge in [0, 0.05) is 16.9 Å². The first kappa shape index (κ1) is 22.5. The van der Waals surface area contributed by atoms with Gasteiger partial charge in [-0.3, -0.25) is 4.79 Å². The summed E-state index contributed by atoms with van der Waals surface area (Å²) in [7, 11) is 0. The SMILES string of the molecule is CC/C=C/C(=O)c1c(/C=C(/C)Cc2sc(C)nc2C)nc(N)nc1-c1ccc(F)cc1. The van der Waals surface area contributed by atoms with Crippen molar-refractivity contribution in [2.45, 2.75) is 40.5 Å². The van der Waals surface area contributed by atoms with Crippen LogP contribution < -0.4 is 5.73 Å². The number of allylic oxidation sites excluding steroid dienone is 3. The number of aryl methyl sites for hydroxylation is 2. The van der Waals surface area contributed by atoms with E-state index < -0.39 is 0 Å². The number of hydrogen-bond donors (Lipinski definition) is 1. The average Bonchev–Trinajstić information content (AvgIpc) is 3.02. The van der Waals surface area contributed by atoms with Crippen molar-refractivity contribution in [3.8, 4) is 11.3 Å². The molecule has 3 aromatic rings. The Morgan fingerprint density at radius 3 is 2.48 bits per heavy atom. The Bertz CT molecular complexity index is 1160. The molecule has 0 atom stereocenters. The van der Waals surface area contributed by atoms with Gasteiger partial charge >= 0.3 is 0 Å². The number of carbonyl (C=O) groups excluding carboxylic acids is 1. The number of nitrogens with two attached hydrogens (primary N) is 1. The van der Waals surface area contributed by atoms with E-state index in [-0.39, 0.29) is 17.5 Å². The molecule has 0 aliphatic rings. The predicted octanol–water partition coefficient (Wildman–Crippen LogP) is 5.73. The molecule has 0 unspecified atom stereocenters. The van der Waals surface area contributed by atoms with Crippen molar-refractivity contribution >= 4 is 29.1 Å². The number of benzene rings is 1. The highest BCUT2D eigenvalue weighted by atomic mass is 32.1. The van der Waals surface area contributed by atoms with Crippen LogP contribution in [0.2, 0.25) is 0 Å². The lowest BCUT2D eigenvalue weighted by atomic mass is 9.98. The number of nitrogens with zero attached hydrogens (tertiary/aromatic N) is 3. The zero-order valence-electron chi connectivity index (χ0n) is 18.1. The van der Waals surface area contributed by atoms with Crippen LogP contribution in [0.3, 0.4) is 0 Å². The molecule has 0 fully saturated rings. The van der Waals surface area contributed by atoms with E-state index >= 15 is 0 Å². The smallest absolute Gasteiger partial charge is 0.221 e. The molecule has 160 valence electrons. The second kappa shape index (κ2) is 9.75. The van der Waals surface area contributed by atoms with Crippen molar-refractivity contribution in [3.63, 3.8) is 0 Å². The summed E-state index contributed by atoms with van der Waals surface area (Å²) < 4.78 is 13.5. The number of thiazole rings is 1. The Kier molecular flexibility index (Phi) is 7.07.